The molecule has 0 spiro atoms. The highest BCUT2D eigenvalue weighted by Crippen LogP contribution is 2.56. The van der Waals surface area contributed by atoms with Crippen LogP contribution in [0.2, 0.25) is 0 Å². The first-order chi connectivity index (χ1) is 30.0. The summed E-state index contributed by atoms with van der Waals surface area (Å²) in [4.78, 5) is 4.76. The van der Waals surface area contributed by atoms with Crippen molar-refractivity contribution in [3.8, 4) is 33.4 Å². The molecule has 0 unspecified atom stereocenters. The molecule has 0 aromatic heterocycles. The lowest BCUT2D eigenvalue weighted by molar-refractivity contribution is 0.405. The van der Waals surface area contributed by atoms with Crippen LogP contribution in [0.4, 0.5) is 28.4 Å². The number of anilines is 5. The maximum absolute atomic E-state index is 2.57. The topological polar surface area (TPSA) is 6.48 Å². The third-order valence-electron chi connectivity index (χ3n) is 13.2. The number of unbranched alkanes of at least 4 members (excludes halogenated alkanes) is 4. The minimum absolute atomic E-state index is 0.00749. The normalized spacial score (nSPS) is 12.6. The Morgan fingerprint density at radius 1 is 0.393 bits per heavy atom. The highest BCUT2D eigenvalue weighted by molar-refractivity contribution is 5.93. The van der Waals surface area contributed by atoms with Crippen molar-refractivity contribution in [1.82, 2.24) is 0 Å². The van der Waals surface area contributed by atoms with E-state index in [0.717, 1.165) is 22.7 Å². The van der Waals surface area contributed by atoms with Gasteiger partial charge >= 0.3 is 0 Å². The van der Waals surface area contributed by atoms with Gasteiger partial charge in [-0.15, -0.1) is 0 Å². The maximum atomic E-state index is 2.57. The Balaban J connectivity index is 1.12. The second-order valence-corrected chi connectivity index (χ2v) is 17.2. The predicted molar refractivity (Wildman–Crippen MR) is 263 cm³/mol. The molecule has 304 valence electrons. The van der Waals surface area contributed by atoms with Crippen molar-refractivity contribution in [2.75, 3.05) is 16.8 Å². The highest BCUT2D eigenvalue weighted by Gasteiger charge is 2.42. The fraction of sp³-hybridized carbons (Fsp3) is 0.220. The van der Waals surface area contributed by atoms with Crippen LogP contribution in [0.3, 0.4) is 0 Å². The van der Waals surface area contributed by atoms with Crippen LogP contribution >= 0.6 is 0 Å². The molecule has 0 aliphatic heterocycles. The lowest BCUT2D eigenvalue weighted by atomic mass is 9.70. The van der Waals surface area contributed by atoms with Gasteiger partial charge in [-0.2, -0.15) is 0 Å². The Hall–Kier alpha value is -6.38. The molecule has 0 fully saturated rings. The molecule has 1 aliphatic rings. The van der Waals surface area contributed by atoms with Gasteiger partial charge in [0.25, 0.3) is 0 Å². The van der Waals surface area contributed by atoms with Gasteiger partial charge in [0, 0.05) is 40.9 Å². The summed E-state index contributed by atoms with van der Waals surface area (Å²) < 4.78 is 0. The van der Waals surface area contributed by atoms with Gasteiger partial charge in [0.15, 0.2) is 0 Å². The lowest BCUT2D eigenvalue weighted by Crippen LogP contribution is -2.26. The summed E-state index contributed by atoms with van der Waals surface area (Å²) in [5.41, 5.74) is 18.0. The summed E-state index contributed by atoms with van der Waals surface area (Å²) >= 11 is 0. The monoisotopic (exact) mass is 794 g/mol. The minimum Gasteiger partial charge on any atom is -0.345 e. The maximum Gasteiger partial charge on any atom is 0.0468 e. The Labute approximate surface area is 364 Å². The van der Waals surface area contributed by atoms with E-state index < -0.39 is 0 Å². The molecule has 0 saturated heterocycles. The van der Waals surface area contributed by atoms with E-state index in [-0.39, 0.29) is 5.41 Å². The number of hydrogen-bond acceptors (Lipinski definition) is 2. The van der Waals surface area contributed by atoms with Crippen molar-refractivity contribution in [3.63, 3.8) is 0 Å². The van der Waals surface area contributed by atoms with Crippen molar-refractivity contribution >= 4 is 39.2 Å². The van der Waals surface area contributed by atoms with Gasteiger partial charge in [-0.3, -0.25) is 0 Å². The van der Waals surface area contributed by atoms with Gasteiger partial charge in [0.1, 0.15) is 0 Å². The van der Waals surface area contributed by atoms with Crippen molar-refractivity contribution in [1.29, 1.82) is 0 Å². The van der Waals surface area contributed by atoms with Crippen LogP contribution < -0.4 is 9.80 Å². The molecule has 0 atom stereocenters. The molecule has 0 radical (unpaired) electrons. The van der Waals surface area contributed by atoms with Crippen molar-refractivity contribution in [2.45, 2.75) is 77.6 Å². The first-order valence-electron chi connectivity index (χ1n) is 22.6. The van der Waals surface area contributed by atoms with Gasteiger partial charge in [0.2, 0.25) is 0 Å². The Morgan fingerprint density at radius 2 is 0.836 bits per heavy atom. The van der Waals surface area contributed by atoms with E-state index in [9.17, 15) is 0 Å². The van der Waals surface area contributed by atoms with Crippen LogP contribution in [-0.4, -0.2) is 7.05 Å². The average Bonchev–Trinajstić information content (AvgIpc) is 3.57. The number of benzene rings is 8. The highest BCUT2D eigenvalue weighted by atomic mass is 15.1. The summed E-state index contributed by atoms with van der Waals surface area (Å²) in [6.07, 6.45) is 9.85. The van der Waals surface area contributed by atoms with E-state index in [1.165, 1.54) is 112 Å². The molecule has 8 aromatic carbocycles. The number of hydrogen-bond donors (Lipinski definition) is 0. The van der Waals surface area contributed by atoms with E-state index in [1.807, 2.05) is 0 Å². The molecule has 1 aliphatic carbocycles. The Kier molecular flexibility index (Phi) is 11.6. The van der Waals surface area contributed by atoms with Gasteiger partial charge < -0.3 is 9.80 Å². The predicted octanol–water partition coefficient (Wildman–Crippen LogP) is 17.1. The Bertz CT molecular complexity index is 2720. The van der Waals surface area contributed by atoms with Crippen LogP contribution in [0.15, 0.2) is 182 Å². The fourth-order valence-electron chi connectivity index (χ4n) is 9.86. The third kappa shape index (κ3) is 8.00. The summed E-state index contributed by atoms with van der Waals surface area (Å²) in [5.74, 6) is 0. The number of nitrogens with zero attached hydrogens (tertiary/aromatic N) is 2. The van der Waals surface area contributed by atoms with Gasteiger partial charge in [-0.05, 0) is 136 Å². The van der Waals surface area contributed by atoms with E-state index in [1.54, 1.807) is 5.56 Å². The SMILES string of the molecule is CCCCCC1(CCCCC)c2cc(C)ccc2-c2ccc(N(c3ccc(-c4ccccc4)cc3)c3ccc4cc(N(C)c5ccc(-c6ccccc6)cc5)ccc4c3)cc21. The van der Waals surface area contributed by atoms with Crippen molar-refractivity contribution in [2.24, 2.45) is 0 Å². The van der Waals surface area contributed by atoms with E-state index in [0.29, 0.717) is 0 Å². The number of aryl methyl sites for hydroxylation is 1. The molecule has 61 heavy (non-hydrogen) atoms. The molecule has 2 nitrogen and oxygen atoms in total. The first-order valence-corrected chi connectivity index (χ1v) is 22.6. The summed E-state index contributed by atoms with van der Waals surface area (Å²) in [6.45, 7) is 6.93. The molecule has 2 heteroatoms. The first kappa shape index (κ1) is 40.0. The van der Waals surface area contributed by atoms with Gasteiger partial charge in [0.05, 0.1) is 0 Å². The van der Waals surface area contributed by atoms with E-state index >= 15 is 0 Å². The zero-order valence-electron chi connectivity index (χ0n) is 36.4. The van der Waals surface area contributed by atoms with Crippen LogP contribution in [0.5, 0.6) is 0 Å². The van der Waals surface area contributed by atoms with Crippen LogP contribution in [-0.2, 0) is 5.41 Å². The van der Waals surface area contributed by atoms with E-state index in [4.69, 9.17) is 0 Å². The molecule has 0 saturated carbocycles. The Morgan fingerprint density at radius 3 is 1.41 bits per heavy atom. The van der Waals surface area contributed by atoms with Crippen LogP contribution in [0.1, 0.15) is 81.9 Å². The van der Waals surface area contributed by atoms with Gasteiger partial charge in [-0.1, -0.05) is 179 Å². The van der Waals surface area contributed by atoms with Gasteiger partial charge in [-0.25, -0.2) is 0 Å². The molecular formula is C59H58N2. The lowest BCUT2D eigenvalue weighted by Gasteiger charge is -2.34. The number of fused-ring (bicyclic) bond motifs is 4. The third-order valence-corrected chi connectivity index (χ3v) is 13.2. The average molecular weight is 795 g/mol. The second kappa shape index (κ2) is 17.7. The molecule has 0 bridgehead atoms. The van der Waals surface area contributed by atoms with E-state index in [2.05, 4.69) is 220 Å². The van der Waals surface area contributed by atoms with Crippen LogP contribution in [0, 0.1) is 6.92 Å². The summed E-state index contributed by atoms with van der Waals surface area (Å²) in [7, 11) is 2.16. The molecular weight excluding hydrogens is 737 g/mol. The summed E-state index contributed by atoms with van der Waals surface area (Å²) in [5, 5.41) is 2.44. The molecule has 8 aromatic rings. The summed E-state index contributed by atoms with van der Waals surface area (Å²) in [6, 6.07) is 67.8. The molecule has 0 amide bonds. The largest absolute Gasteiger partial charge is 0.345 e. The molecule has 9 rings (SSSR count). The fourth-order valence-corrected chi connectivity index (χ4v) is 9.86. The minimum atomic E-state index is 0.00749. The second-order valence-electron chi connectivity index (χ2n) is 17.2. The standard InChI is InChI=1S/C59H58N2/c1-5-7-15-37-59(38-16-8-6-2)57-39-43(3)21-35-55(57)56-36-34-54(42-58(56)59)61(51-30-24-47(25-31-51)45-19-13-10-14-20-45)53-33-27-48-40-52(32-26-49(48)41-53)60(4)50-28-22-46(23-29-50)44-17-11-9-12-18-44/h9-14,17-36,39-42H,5-8,15-16,37-38H2,1-4H3. The quantitative estimate of drug-likeness (QED) is 0.0954. The molecule has 0 heterocycles. The zero-order valence-corrected chi connectivity index (χ0v) is 36.4. The molecule has 0 N–H and O–H groups in total. The number of rotatable bonds is 15. The smallest absolute Gasteiger partial charge is 0.0468 e. The zero-order chi connectivity index (χ0) is 41.8. The van der Waals surface area contributed by atoms with Crippen molar-refractivity contribution in [3.05, 3.63) is 199 Å². The van der Waals surface area contributed by atoms with Crippen molar-refractivity contribution < 1.29 is 0 Å². The van der Waals surface area contributed by atoms with Crippen LogP contribution in [0.25, 0.3) is 44.2 Å².